The third-order valence-corrected chi connectivity index (χ3v) is 10.8. The lowest BCUT2D eigenvalue weighted by Gasteiger charge is -2.24. The highest BCUT2D eigenvalue weighted by Gasteiger charge is 2.19. The van der Waals surface area contributed by atoms with Crippen LogP contribution in [0, 0.1) is 13.8 Å². The summed E-state index contributed by atoms with van der Waals surface area (Å²) in [5.41, 5.74) is 2.65. The highest BCUT2D eigenvalue weighted by molar-refractivity contribution is 7.76. The van der Waals surface area contributed by atoms with Gasteiger partial charge in [0.05, 0.1) is 0 Å². The molecular weight excluding hydrogens is 398 g/mol. The molecule has 0 atom stereocenters. The molecule has 0 fully saturated rings. The average Bonchev–Trinajstić information content (AvgIpc) is 2.80. The van der Waals surface area contributed by atoms with Crippen molar-refractivity contribution in [3.63, 3.8) is 0 Å². The molecule has 0 bridgehead atoms. The molecule has 0 amide bonds. The number of rotatable bonds is 7. The number of aryl methyl sites for hydroxylation is 2. The van der Waals surface area contributed by atoms with Gasteiger partial charge in [-0.25, -0.2) is 0 Å². The Morgan fingerprint density at radius 1 is 0.400 bits per heavy atom. The zero-order valence-electron chi connectivity index (χ0n) is 17.7. The van der Waals surface area contributed by atoms with E-state index in [1.807, 2.05) is 0 Å². The monoisotopic (exact) mass is 426 g/mol. The third-order valence-electron chi connectivity index (χ3n) is 5.37. The predicted octanol–water partition coefficient (Wildman–Crippen LogP) is 5.87. The van der Waals surface area contributed by atoms with Crippen molar-refractivity contribution < 1.29 is 0 Å². The van der Waals surface area contributed by atoms with Crippen LogP contribution in [0.3, 0.4) is 0 Å². The van der Waals surface area contributed by atoms with Gasteiger partial charge in [-0.15, -0.1) is 0 Å². The van der Waals surface area contributed by atoms with Gasteiger partial charge >= 0.3 is 0 Å². The number of benzene rings is 4. The van der Waals surface area contributed by atoms with Gasteiger partial charge in [0.15, 0.2) is 0 Å². The number of hydrogen-bond acceptors (Lipinski definition) is 0. The molecule has 0 aromatic heterocycles. The fourth-order valence-corrected chi connectivity index (χ4v) is 8.99. The van der Waals surface area contributed by atoms with Crippen LogP contribution in [0.1, 0.15) is 11.1 Å². The van der Waals surface area contributed by atoms with Crippen molar-refractivity contribution in [1.82, 2.24) is 0 Å². The van der Waals surface area contributed by atoms with Crippen molar-refractivity contribution >= 4 is 37.1 Å². The van der Waals surface area contributed by atoms with Gasteiger partial charge in [0.2, 0.25) is 0 Å². The average molecular weight is 426 g/mol. The van der Waals surface area contributed by atoms with E-state index < -0.39 is 0 Å². The largest absolute Gasteiger partial charge is 0.0622 e. The molecule has 0 saturated heterocycles. The van der Waals surface area contributed by atoms with E-state index in [2.05, 4.69) is 123 Å². The topological polar surface area (TPSA) is 0 Å². The van der Waals surface area contributed by atoms with Gasteiger partial charge in [-0.3, -0.25) is 0 Å². The molecule has 0 aliphatic heterocycles. The molecule has 0 heterocycles. The standard InChI is InChI=1S/C28H28P2/c1-23-13-17-27(18-14-23)30(28-19-15-24(2)16-20-28)22-21-29(25-9-5-3-6-10-25)26-11-7-4-8-12-26/h3-20H,21-22H2,1-2H3. The maximum Gasteiger partial charge on any atom is -0.0195 e. The lowest BCUT2D eigenvalue weighted by atomic mass is 10.2. The maximum atomic E-state index is 2.34. The Morgan fingerprint density at radius 2 is 0.700 bits per heavy atom. The Bertz CT molecular complexity index is 954. The van der Waals surface area contributed by atoms with E-state index in [-0.39, 0.29) is 15.8 Å². The van der Waals surface area contributed by atoms with Crippen molar-refractivity contribution in [1.29, 1.82) is 0 Å². The summed E-state index contributed by atoms with van der Waals surface area (Å²) in [5, 5.41) is 5.91. The van der Waals surface area contributed by atoms with E-state index in [1.54, 1.807) is 0 Å². The molecule has 0 N–H and O–H groups in total. The maximum absolute atomic E-state index is 2.34. The molecule has 0 nitrogen and oxygen atoms in total. The van der Waals surface area contributed by atoms with E-state index in [4.69, 9.17) is 0 Å². The van der Waals surface area contributed by atoms with Crippen LogP contribution >= 0.6 is 15.8 Å². The molecule has 0 radical (unpaired) electrons. The SMILES string of the molecule is Cc1ccc(P(CCP(c2ccccc2)c2ccccc2)c2ccc(C)cc2)cc1. The van der Waals surface area contributed by atoms with Crippen LogP contribution in [-0.2, 0) is 0 Å². The molecule has 0 aliphatic carbocycles. The Hall–Kier alpha value is -2.26. The summed E-state index contributed by atoms with van der Waals surface area (Å²) >= 11 is 0. The van der Waals surface area contributed by atoms with E-state index in [0.717, 1.165) is 0 Å². The summed E-state index contributed by atoms with van der Waals surface area (Å²) in [5.74, 6) is 0. The predicted molar refractivity (Wildman–Crippen MR) is 137 cm³/mol. The minimum absolute atomic E-state index is 0.360. The normalized spacial score (nSPS) is 11.2. The molecule has 2 heteroatoms. The molecule has 4 rings (SSSR count). The molecule has 150 valence electrons. The second-order valence-corrected chi connectivity index (χ2v) is 12.3. The summed E-state index contributed by atoms with van der Waals surface area (Å²) in [7, 11) is -0.733. The summed E-state index contributed by atoms with van der Waals surface area (Å²) in [6.07, 6.45) is 2.41. The van der Waals surface area contributed by atoms with Crippen LogP contribution in [0.2, 0.25) is 0 Å². The first-order valence-corrected chi connectivity index (χ1v) is 13.5. The van der Waals surface area contributed by atoms with Crippen molar-refractivity contribution in [2.75, 3.05) is 12.3 Å². The smallest absolute Gasteiger partial charge is 0.0195 e. The van der Waals surface area contributed by atoms with Crippen LogP contribution in [0.5, 0.6) is 0 Å². The van der Waals surface area contributed by atoms with Gasteiger partial charge in [0, 0.05) is 0 Å². The molecule has 0 spiro atoms. The molecule has 0 saturated carbocycles. The van der Waals surface area contributed by atoms with Crippen LogP contribution in [0.25, 0.3) is 0 Å². The van der Waals surface area contributed by atoms with E-state index in [0.29, 0.717) is 0 Å². The Labute approximate surface area is 183 Å². The quantitative estimate of drug-likeness (QED) is 0.324. The van der Waals surface area contributed by atoms with Gasteiger partial charge in [0.1, 0.15) is 0 Å². The Kier molecular flexibility index (Phi) is 7.11. The van der Waals surface area contributed by atoms with Gasteiger partial charge in [-0.05, 0) is 63.2 Å². The van der Waals surface area contributed by atoms with E-state index >= 15 is 0 Å². The minimum Gasteiger partial charge on any atom is -0.0622 e. The summed E-state index contributed by atoms with van der Waals surface area (Å²) < 4.78 is 0. The van der Waals surface area contributed by atoms with Crippen LogP contribution in [0.15, 0.2) is 109 Å². The second-order valence-electron chi connectivity index (χ2n) is 7.65. The fourth-order valence-electron chi connectivity index (χ4n) is 3.68. The van der Waals surface area contributed by atoms with Crippen LogP contribution in [0.4, 0.5) is 0 Å². The molecular formula is C28H28P2. The summed E-state index contributed by atoms with van der Waals surface area (Å²) in [6, 6.07) is 40.6. The van der Waals surface area contributed by atoms with Crippen LogP contribution < -0.4 is 21.2 Å². The van der Waals surface area contributed by atoms with Crippen molar-refractivity contribution in [2.24, 2.45) is 0 Å². The van der Waals surface area contributed by atoms with Crippen LogP contribution in [-0.4, -0.2) is 12.3 Å². The third kappa shape index (κ3) is 5.26. The van der Waals surface area contributed by atoms with Crippen molar-refractivity contribution in [3.05, 3.63) is 120 Å². The van der Waals surface area contributed by atoms with Crippen molar-refractivity contribution in [2.45, 2.75) is 13.8 Å². The zero-order chi connectivity index (χ0) is 20.8. The van der Waals surface area contributed by atoms with E-state index in [9.17, 15) is 0 Å². The number of hydrogen-bond donors (Lipinski definition) is 0. The fraction of sp³-hybridized carbons (Fsp3) is 0.143. The highest BCUT2D eigenvalue weighted by Crippen LogP contribution is 2.41. The van der Waals surface area contributed by atoms with Crippen molar-refractivity contribution in [3.8, 4) is 0 Å². The Balaban J connectivity index is 1.65. The van der Waals surface area contributed by atoms with E-state index in [1.165, 1.54) is 44.7 Å². The van der Waals surface area contributed by atoms with Gasteiger partial charge in [-0.1, -0.05) is 120 Å². The summed E-state index contributed by atoms with van der Waals surface area (Å²) in [6.45, 7) is 4.34. The van der Waals surface area contributed by atoms with Gasteiger partial charge in [0.25, 0.3) is 0 Å². The lowest BCUT2D eigenvalue weighted by molar-refractivity contribution is 1.47. The second kappa shape index (κ2) is 10.2. The minimum atomic E-state index is -0.373. The first kappa shape index (κ1) is 21.0. The first-order chi connectivity index (χ1) is 14.7. The molecule has 4 aromatic carbocycles. The molecule has 0 aliphatic rings. The molecule has 0 unspecified atom stereocenters. The summed E-state index contributed by atoms with van der Waals surface area (Å²) in [4.78, 5) is 0. The molecule has 4 aromatic rings. The lowest BCUT2D eigenvalue weighted by Crippen LogP contribution is -2.20. The van der Waals surface area contributed by atoms with Gasteiger partial charge < -0.3 is 0 Å². The zero-order valence-corrected chi connectivity index (χ0v) is 19.5. The highest BCUT2D eigenvalue weighted by atomic mass is 31.1. The Morgan fingerprint density at radius 3 is 1.03 bits per heavy atom. The molecule has 30 heavy (non-hydrogen) atoms. The van der Waals surface area contributed by atoms with Gasteiger partial charge in [-0.2, -0.15) is 0 Å². The first-order valence-electron chi connectivity index (χ1n) is 10.5.